The first-order valence-electron chi connectivity index (χ1n) is 20.9. The highest BCUT2D eigenvalue weighted by Gasteiger charge is 2.46. The lowest BCUT2D eigenvalue weighted by Crippen LogP contribution is -2.28. The molecule has 2 heteroatoms. The van der Waals surface area contributed by atoms with Gasteiger partial charge in [0, 0.05) is 32.3 Å². The Hall–Kier alpha value is -7.00. The van der Waals surface area contributed by atoms with E-state index in [2.05, 4.69) is 231 Å². The summed E-state index contributed by atoms with van der Waals surface area (Å²) in [4.78, 5) is 2.49. The van der Waals surface area contributed by atoms with Crippen LogP contribution in [0.2, 0.25) is 0 Å². The van der Waals surface area contributed by atoms with E-state index in [0.29, 0.717) is 0 Å². The Balaban J connectivity index is 1.07. The maximum atomic E-state index is 2.50. The van der Waals surface area contributed by atoms with Gasteiger partial charge in [0.15, 0.2) is 0 Å². The minimum atomic E-state index is -0.449. The molecule has 0 N–H and O–H groups in total. The van der Waals surface area contributed by atoms with Gasteiger partial charge in [0.1, 0.15) is 0 Å². The van der Waals surface area contributed by atoms with Gasteiger partial charge >= 0.3 is 0 Å². The Kier molecular flexibility index (Phi) is 7.73. The molecule has 60 heavy (non-hydrogen) atoms. The smallest absolute Gasteiger partial charge is 0.0713 e. The highest BCUT2D eigenvalue weighted by molar-refractivity contribution is 7.26. The van der Waals surface area contributed by atoms with Gasteiger partial charge in [0.05, 0.1) is 15.8 Å². The molecule has 1 heterocycles. The van der Waals surface area contributed by atoms with Crippen molar-refractivity contribution in [2.75, 3.05) is 4.90 Å². The van der Waals surface area contributed by atoms with E-state index in [4.69, 9.17) is 0 Å². The SMILES string of the molecule is CC1(C)c2ccccc2-c2ccc(N(c3ccc(-c4ccccc4)cc3)c3cccc4c3sc3ccc(C5(c6ccccc6)c6ccccc6-c6ccccc65)cc34)cc21. The zero-order valence-electron chi connectivity index (χ0n) is 33.6. The molecule has 9 aromatic carbocycles. The minimum Gasteiger partial charge on any atom is -0.309 e. The predicted octanol–water partition coefficient (Wildman–Crippen LogP) is 15.9. The highest BCUT2D eigenvalue weighted by Crippen LogP contribution is 2.57. The number of benzene rings is 9. The van der Waals surface area contributed by atoms with Crippen molar-refractivity contribution in [1.29, 1.82) is 0 Å². The maximum Gasteiger partial charge on any atom is 0.0713 e. The molecule has 0 saturated carbocycles. The van der Waals surface area contributed by atoms with Crippen molar-refractivity contribution in [2.24, 2.45) is 0 Å². The summed E-state index contributed by atoms with van der Waals surface area (Å²) in [6, 6.07) is 79.1. The number of hydrogen-bond donors (Lipinski definition) is 0. The van der Waals surface area contributed by atoms with Gasteiger partial charge < -0.3 is 4.90 Å². The summed E-state index contributed by atoms with van der Waals surface area (Å²) >= 11 is 1.90. The van der Waals surface area contributed by atoms with E-state index in [9.17, 15) is 0 Å². The molecule has 0 spiro atoms. The Morgan fingerprint density at radius 3 is 1.65 bits per heavy atom. The molecule has 10 aromatic rings. The fourth-order valence-corrected chi connectivity index (χ4v) is 11.8. The lowest BCUT2D eigenvalue weighted by molar-refractivity contribution is 0.660. The van der Waals surface area contributed by atoms with Crippen LogP contribution in [0.15, 0.2) is 212 Å². The zero-order chi connectivity index (χ0) is 40.0. The minimum absolute atomic E-state index is 0.114. The van der Waals surface area contributed by atoms with E-state index in [1.54, 1.807) is 0 Å². The first-order chi connectivity index (χ1) is 29.5. The van der Waals surface area contributed by atoms with Gasteiger partial charge in [-0.25, -0.2) is 0 Å². The predicted molar refractivity (Wildman–Crippen MR) is 254 cm³/mol. The zero-order valence-corrected chi connectivity index (χ0v) is 34.4. The average Bonchev–Trinajstić information content (AvgIpc) is 3.91. The van der Waals surface area contributed by atoms with Crippen molar-refractivity contribution in [1.82, 2.24) is 0 Å². The highest BCUT2D eigenvalue weighted by atomic mass is 32.1. The first-order valence-corrected chi connectivity index (χ1v) is 21.7. The van der Waals surface area contributed by atoms with E-state index < -0.39 is 5.41 Å². The normalized spacial score (nSPS) is 14.1. The second-order valence-corrected chi connectivity index (χ2v) is 17.9. The number of nitrogens with zero attached hydrogens (tertiary/aromatic N) is 1. The quantitative estimate of drug-likeness (QED) is 0.162. The van der Waals surface area contributed by atoms with Crippen LogP contribution in [0, 0.1) is 0 Å². The molecule has 0 amide bonds. The molecular formula is C58H41NS. The molecule has 0 atom stereocenters. The lowest BCUT2D eigenvalue weighted by Gasteiger charge is -2.34. The van der Waals surface area contributed by atoms with Crippen LogP contribution in [0.5, 0.6) is 0 Å². The number of thiophene rings is 1. The van der Waals surface area contributed by atoms with Crippen molar-refractivity contribution in [2.45, 2.75) is 24.7 Å². The fraction of sp³-hybridized carbons (Fsp3) is 0.0690. The topological polar surface area (TPSA) is 3.24 Å². The number of anilines is 3. The van der Waals surface area contributed by atoms with Crippen LogP contribution < -0.4 is 4.90 Å². The van der Waals surface area contributed by atoms with Crippen LogP contribution in [-0.2, 0) is 10.8 Å². The Bertz CT molecular complexity index is 3240. The van der Waals surface area contributed by atoms with Gasteiger partial charge in [-0.1, -0.05) is 184 Å². The molecule has 12 rings (SSSR count). The molecule has 0 saturated heterocycles. The van der Waals surface area contributed by atoms with Crippen LogP contribution in [0.1, 0.15) is 47.2 Å². The van der Waals surface area contributed by atoms with E-state index in [-0.39, 0.29) is 5.41 Å². The Morgan fingerprint density at radius 2 is 0.950 bits per heavy atom. The van der Waals surface area contributed by atoms with E-state index in [1.165, 1.54) is 92.6 Å². The summed E-state index contributed by atoms with van der Waals surface area (Å²) in [5, 5.41) is 2.56. The lowest BCUT2D eigenvalue weighted by atomic mass is 9.67. The van der Waals surface area contributed by atoms with Gasteiger partial charge in [-0.05, 0) is 109 Å². The van der Waals surface area contributed by atoms with Crippen molar-refractivity contribution >= 4 is 48.6 Å². The van der Waals surface area contributed by atoms with Gasteiger partial charge in [-0.3, -0.25) is 0 Å². The molecule has 2 aliphatic rings. The monoisotopic (exact) mass is 783 g/mol. The third-order valence-corrected chi connectivity index (χ3v) is 14.6. The summed E-state index contributed by atoms with van der Waals surface area (Å²) in [6.07, 6.45) is 0. The summed E-state index contributed by atoms with van der Waals surface area (Å²) in [7, 11) is 0. The second kappa shape index (κ2) is 13.3. The van der Waals surface area contributed by atoms with Crippen LogP contribution in [0.4, 0.5) is 17.1 Å². The van der Waals surface area contributed by atoms with E-state index in [1.807, 2.05) is 11.3 Å². The van der Waals surface area contributed by atoms with Gasteiger partial charge in [0.2, 0.25) is 0 Å². The standard InChI is InChI=1S/C58H41NS/c1-57(2)50-24-12-9-20-44(50)47-34-33-43(37-53(47)57)59(42-31-28-39(29-32-42)38-16-5-3-6-17-38)54-27-15-23-48-49-36-41(30-35-55(49)60-56(48)54)58(40-18-7-4-8-19-40)51-25-13-10-21-45(51)46-22-11-14-26-52(46)58/h3-37H,1-2H3. The molecular weight excluding hydrogens is 743 g/mol. The van der Waals surface area contributed by atoms with Crippen LogP contribution >= 0.6 is 11.3 Å². The summed E-state index contributed by atoms with van der Waals surface area (Å²) in [5.41, 5.74) is 18.6. The van der Waals surface area contributed by atoms with Crippen molar-refractivity contribution in [3.8, 4) is 33.4 Å². The molecule has 284 valence electrons. The summed E-state index contributed by atoms with van der Waals surface area (Å²) in [6.45, 7) is 4.74. The van der Waals surface area contributed by atoms with Crippen LogP contribution in [0.3, 0.4) is 0 Å². The van der Waals surface area contributed by atoms with Crippen LogP contribution in [0.25, 0.3) is 53.6 Å². The first kappa shape index (κ1) is 35.0. The molecule has 0 unspecified atom stereocenters. The molecule has 0 radical (unpaired) electrons. The van der Waals surface area contributed by atoms with Crippen molar-refractivity contribution in [3.05, 3.63) is 246 Å². The van der Waals surface area contributed by atoms with Gasteiger partial charge in [-0.2, -0.15) is 0 Å². The third-order valence-electron chi connectivity index (χ3n) is 13.4. The number of rotatable bonds is 6. The summed E-state index contributed by atoms with van der Waals surface area (Å²) in [5.74, 6) is 0. The van der Waals surface area contributed by atoms with Gasteiger partial charge in [-0.15, -0.1) is 11.3 Å². The third kappa shape index (κ3) is 4.98. The number of hydrogen-bond acceptors (Lipinski definition) is 2. The molecule has 0 fully saturated rings. The molecule has 1 nitrogen and oxygen atoms in total. The molecule has 0 aliphatic heterocycles. The average molecular weight is 784 g/mol. The number of fused-ring (bicyclic) bond motifs is 9. The van der Waals surface area contributed by atoms with E-state index in [0.717, 1.165) is 11.4 Å². The second-order valence-electron chi connectivity index (χ2n) is 16.8. The van der Waals surface area contributed by atoms with E-state index >= 15 is 0 Å². The molecule has 0 bridgehead atoms. The van der Waals surface area contributed by atoms with Gasteiger partial charge in [0.25, 0.3) is 0 Å². The van der Waals surface area contributed by atoms with Crippen LogP contribution in [-0.4, -0.2) is 0 Å². The molecule has 2 aliphatic carbocycles. The van der Waals surface area contributed by atoms with Crippen molar-refractivity contribution in [3.63, 3.8) is 0 Å². The molecule has 1 aromatic heterocycles. The maximum absolute atomic E-state index is 2.50. The largest absolute Gasteiger partial charge is 0.309 e. The Morgan fingerprint density at radius 1 is 0.383 bits per heavy atom. The fourth-order valence-electron chi connectivity index (χ4n) is 10.6. The Labute approximate surface area is 355 Å². The summed E-state index contributed by atoms with van der Waals surface area (Å²) < 4.78 is 2.56. The van der Waals surface area contributed by atoms with Crippen molar-refractivity contribution < 1.29 is 0 Å².